The van der Waals surface area contributed by atoms with E-state index in [1.165, 1.54) is 18.3 Å². The van der Waals surface area contributed by atoms with Gasteiger partial charge in [0.1, 0.15) is 5.75 Å². The molecule has 2 rings (SSSR count). The summed E-state index contributed by atoms with van der Waals surface area (Å²) >= 11 is 5.61. The van der Waals surface area contributed by atoms with Gasteiger partial charge in [-0.1, -0.05) is 0 Å². The minimum absolute atomic E-state index is 0.183. The number of carbonyl (C=O) groups is 1. The summed E-state index contributed by atoms with van der Waals surface area (Å²) in [4.78, 5) is 15.9. The van der Waals surface area contributed by atoms with E-state index in [0.29, 0.717) is 17.9 Å². The van der Waals surface area contributed by atoms with Crippen LogP contribution < -0.4 is 4.74 Å². The summed E-state index contributed by atoms with van der Waals surface area (Å²) in [5.41, 5.74) is 0.405. The first-order valence-electron chi connectivity index (χ1n) is 5.08. The van der Waals surface area contributed by atoms with Crippen LogP contribution >= 0.6 is 11.6 Å². The molecule has 0 saturated carbocycles. The summed E-state index contributed by atoms with van der Waals surface area (Å²) < 4.78 is 10.3. The fourth-order valence-corrected chi connectivity index (χ4v) is 1.51. The molecule has 2 aromatic rings. The number of rotatable bonds is 4. The third kappa shape index (κ3) is 2.65. The van der Waals surface area contributed by atoms with E-state index >= 15 is 0 Å². The lowest BCUT2D eigenvalue weighted by Gasteiger charge is -2.03. The first-order chi connectivity index (χ1) is 8.20. The normalized spacial score (nSPS) is 10.2. The van der Waals surface area contributed by atoms with Gasteiger partial charge >= 0.3 is 0 Å². The topological polar surface area (TPSA) is 52.3 Å². The van der Waals surface area contributed by atoms with Crippen molar-refractivity contribution in [1.82, 2.24) is 4.98 Å². The Morgan fingerprint density at radius 1 is 1.47 bits per heavy atom. The number of carbonyl (C=O) groups excluding carboxylic acids is 1. The summed E-state index contributed by atoms with van der Waals surface area (Å²) in [5, 5.41) is 0.183. The molecule has 0 fully saturated rings. The van der Waals surface area contributed by atoms with Crippen LogP contribution in [0.5, 0.6) is 5.75 Å². The van der Waals surface area contributed by atoms with Crippen LogP contribution in [0.15, 0.2) is 35.0 Å². The Morgan fingerprint density at radius 2 is 2.29 bits per heavy atom. The molecule has 5 heteroatoms. The molecule has 0 N–H and O–H groups in total. The number of ketones is 1. The Morgan fingerprint density at radius 3 is 2.94 bits per heavy atom. The molecule has 17 heavy (non-hydrogen) atoms. The highest BCUT2D eigenvalue weighted by Gasteiger charge is 2.14. The average molecular weight is 252 g/mol. The maximum Gasteiger partial charge on any atom is 0.229 e. The number of ether oxygens (including phenoxy) is 1. The Hall–Kier alpha value is -1.81. The lowest BCUT2D eigenvalue weighted by Crippen LogP contribution is -2.01. The molecule has 0 aromatic carbocycles. The van der Waals surface area contributed by atoms with Crippen LogP contribution in [0.3, 0.4) is 0 Å². The number of pyridine rings is 1. The molecule has 0 spiro atoms. The molecule has 0 atom stereocenters. The third-order valence-corrected chi connectivity index (χ3v) is 2.29. The second-order valence-corrected chi connectivity index (χ2v) is 3.65. The molecule has 0 saturated heterocycles. The number of aromatic nitrogens is 1. The maximum absolute atomic E-state index is 12.0. The lowest BCUT2D eigenvalue weighted by atomic mass is 10.1. The van der Waals surface area contributed by atoms with Crippen LogP contribution in [0.25, 0.3) is 0 Å². The second kappa shape index (κ2) is 5.01. The summed E-state index contributed by atoms with van der Waals surface area (Å²) in [6.45, 7) is 2.38. The highest BCUT2D eigenvalue weighted by Crippen LogP contribution is 2.18. The first-order valence-corrected chi connectivity index (χ1v) is 5.46. The smallest absolute Gasteiger partial charge is 0.229 e. The molecule has 2 aromatic heterocycles. The maximum atomic E-state index is 12.0. The van der Waals surface area contributed by atoms with Crippen LogP contribution in [0.1, 0.15) is 23.0 Å². The van der Waals surface area contributed by atoms with E-state index in [2.05, 4.69) is 4.98 Å². The van der Waals surface area contributed by atoms with Gasteiger partial charge in [-0.3, -0.25) is 9.78 Å². The van der Waals surface area contributed by atoms with Crippen molar-refractivity contribution in [3.8, 4) is 5.75 Å². The van der Waals surface area contributed by atoms with E-state index in [1.807, 2.05) is 6.92 Å². The van der Waals surface area contributed by atoms with Crippen molar-refractivity contribution in [2.45, 2.75) is 6.92 Å². The predicted octanol–water partition coefficient (Wildman–Crippen LogP) is 2.96. The molecular formula is C12H10ClNO3. The van der Waals surface area contributed by atoms with Gasteiger partial charge in [-0.25, -0.2) is 0 Å². The van der Waals surface area contributed by atoms with Gasteiger partial charge in [0.15, 0.2) is 11.0 Å². The van der Waals surface area contributed by atoms with Crippen molar-refractivity contribution in [3.63, 3.8) is 0 Å². The zero-order valence-electron chi connectivity index (χ0n) is 9.14. The Bertz CT molecular complexity index is 536. The largest absolute Gasteiger partial charge is 0.492 e. The van der Waals surface area contributed by atoms with Gasteiger partial charge in [-0.05, 0) is 36.7 Å². The highest BCUT2D eigenvalue weighted by atomic mass is 35.5. The van der Waals surface area contributed by atoms with Crippen molar-refractivity contribution in [2.24, 2.45) is 0 Å². The van der Waals surface area contributed by atoms with Crippen molar-refractivity contribution in [1.29, 1.82) is 0 Å². The van der Waals surface area contributed by atoms with E-state index in [0.717, 1.165) is 0 Å². The van der Waals surface area contributed by atoms with Gasteiger partial charge in [0.2, 0.25) is 5.78 Å². The van der Waals surface area contributed by atoms with Gasteiger partial charge < -0.3 is 9.15 Å². The minimum Gasteiger partial charge on any atom is -0.492 e. The molecular weight excluding hydrogens is 242 g/mol. The quantitative estimate of drug-likeness (QED) is 0.784. The predicted molar refractivity (Wildman–Crippen MR) is 62.6 cm³/mol. The SMILES string of the molecule is CCOc1cncc(C(=O)c2ccc(Cl)o2)c1. The summed E-state index contributed by atoms with van der Waals surface area (Å²) in [6.07, 6.45) is 3.01. The molecule has 2 heterocycles. The molecule has 4 nitrogen and oxygen atoms in total. The van der Waals surface area contributed by atoms with Crippen molar-refractivity contribution >= 4 is 17.4 Å². The van der Waals surface area contributed by atoms with Gasteiger partial charge in [-0.2, -0.15) is 0 Å². The summed E-state index contributed by atoms with van der Waals surface area (Å²) in [5.74, 6) is 0.465. The van der Waals surface area contributed by atoms with Crippen molar-refractivity contribution < 1.29 is 13.9 Å². The zero-order valence-corrected chi connectivity index (χ0v) is 9.90. The van der Waals surface area contributed by atoms with Crippen molar-refractivity contribution in [3.05, 3.63) is 47.1 Å². The molecule has 0 amide bonds. The summed E-state index contributed by atoms with van der Waals surface area (Å²) in [6, 6.07) is 4.67. The van der Waals surface area contributed by atoms with Gasteiger partial charge in [0.25, 0.3) is 0 Å². The number of hydrogen-bond acceptors (Lipinski definition) is 4. The highest BCUT2D eigenvalue weighted by molar-refractivity contribution is 6.29. The fraction of sp³-hybridized carbons (Fsp3) is 0.167. The zero-order chi connectivity index (χ0) is 12.3. The monoisotopic (exact) mass is 251 g/mol. The Labute approximate surface area is 103 Å². The van der Waals surface area contributed by atoms with Crippen LogP contribution in [-0.4, -0.2) is 17.4 Å². The van der Waals surface area contributed by atoms with Crippen molar-refractivity contribution in [2.75, 3.05) is 6.61 Å². The molecule has 0 aliphatic heterocycles. The number of halogens is 1. The second-order valence-electron chi connectivity index (χ2n) is 3.28. The standard InChI is InChI=1S/C12H10ClNO3/c1-2-16-9-5-8(6-14-7-9)12(15)10-3-4-11(13)17-10/h3-7H,2H2,1H3. The molecule has 88 valence electrons. The van der Waals surface area contributed by atoms with Gasteiger partial charge in [0.05, 0.1) is 12.8 Å². The Kier molecular flexibility index (Phi) is 3.44. The fourth-order valence-electron chi connectivity index (χ4n) is 1.37. The van der Waals surface area contributed by atoms with E-state index in [1.54, 1.807) is 12.3 Å². The summed E-state index contributed by atoms with van der Waals surface area (Å²) in [7, 11) is 0. The van der Waals surface area contributed by atoms with E-state index in [4.69, 9.17) is 20.8 Å². The molecule has 0 aliphatic carbocycles. The Balaban J connectivity index is 2.27. The lowest BCUT2D eigenvalue weighted by molar-refractivity contribution is 0.101. The number of nitrogens with zero attached hydrogens (tertiary/aromatic N) is 1. The average Bonchev–Trinajstić information content (AvgIpc) is 2.76. The van der Waals surface area contributed by atoms with Crippen LogP contribution in [0.2, 0.25) is 5.22 Å². The third-order valence-electron chi connectivity index (χ3n) is 2.08. The van der Waals surface area contributed by atoms with Crippen LogP contribution in [0.4, 0.5) is 0 Å². The van der Waals surface area contributed by atoms with E-state index in [-0.39, 0.29) is 16.8 Å². The number of hydrogen-bond donors (Lipinski definition) is 0. The van der Waals surface area contributed by atoms with Gasteiger partial charge in [-0.15, -0.1) is 0 Å². The molecule has 0 unspecified atom stereocenters. The van der Waals surface area contributed by atoms with Crippen LogP contribution in [-0.2, 0) is 0 Å². The molecule has 0 bridgehead atoms. The van der Waals surface area contributed by atoms with E-state index in [9.17, 15) is 4.79 Å². The van der Waals surface area contributed by atoms with Crippen LogP contribution in [0, 0.1) is 0 Å². The molecule has 0 radical (unpaired) electrons. The van der Waals surface area contributed by atoms with E-state index < -0.39 is 0 Å². The number of furan rings is 1. The molecule has 0 aliphatic rings. The first kappa shape index (κ1) is 11.7. The van der Waals surface area contributed by atoms with Gasteiger partial charge in [0, 0.05) is 11.8 Å². The minimum atomic E-state index is -0.272.